The van der Waals surface area contributed by atoms with Crippen molar-refractivity contribution >= 4 is 11.8 Å². The summed E-state index contributed by atoms with van der Waals surface area (Å²) in [5.74, 6) is 2.35. The minimum Gasteiger partial charge on any atom is -0.389 e. The Morgan fingerprint density at radius 2 is 2.25 bits per heavy atom. The largest absolute Gasteiger partial charge is 0.389 e. The Labute approximate surface area is 79.2 Å². The summed E-state index contributed by atoms with van der Waals surface area (Å²) in [7, 11) is 0. The molecular formula is C10H18OS. The van der Waals surface area contributed by atoms with Gasteiger partial charge in [-0.15, -0.1) is 0 Å². The van der Waals surface area contributed by atoms with Gasteiger partial charge >= 0.3 is 0 Å². The highest BCUT2D eigenvalue weighted by Gasteiger charge is 2.24. The van der Waals surface area contributed by atoms with Crippen LogP contribution in [-0.2, 0) is 0 Å². The van der Waals surface area contributed by atoms with Crippen molar-refractivity contribution in [2.75, 3.05) is 11.5 Å². The summed E-state index contributed by atoms with van der Waals surface area (Å²) < 4.78 is 0. The molecule has 1 fully saturated rings. The lowest BCUT2D eigenvalue weighted by atomic mass is 9.87. The van der Waals surface area contributed by atoms with Crippen molar-refractivity contribution in [3.63, 3.8) is 0 Å². The standard InChI is InChI=1S/C10H18OS/c1-8(11)4-9-5-10(2,3)7-12-6-9/h4,8,11H,5-7H2,1-3H3/b9-4+. The molecule has 1 atom stereocenters. The van der Waals surface area contributed by atoms with Gasteiger partial charge in [-0.1, -0.05) is 25.5 Å². The molecule has 1 saturated heterocycles. The zero-order chi connectivity index (χ0) is 9.19. The monoisotopic (exact) mass is 186 g/mol. The first kappa shape index (κ1) is 10.1. The minimum atomic E-state index is -0.283. The van der Waals surface area contributed by atoms with Crippen LogP contribution in [0.5, 0.6) is 0 Å². The van der Waals surface area contributed by atoms with Gasteiger partial charge in [0.15, 0.2) is 0 Å². The van der Waals surface area contributed by atoms with E-state index < -0.39 is 0 Å². The number of thioether (sulfide) groups is 1. The Morgan fingerprint density at radius 3 is 2.75 bits per heavy atom. The molecule has 0 bridgehead atoms. The van der Waals surface area contributed by atoms with Crippen molar-refractivity contribution in [2.24, 2.45) is 5.41 Å². The van der Waals surface area contributed by atoms with Gasteiger partial charge in [-0.25, -0.2) is 0 Å². The second kappa shape index (κ2) is 3.84. The fourth-order valence-electron chi connectivity index (χ4n) is 1.62. The average Bonchev–Trinajstić information content (AvgIpc) is 1.82. The van der Waals surface area contributed by atoms with Crippen LogP contribution in [0.15, 0.2) is 11.6 Å². The molecule has 0 amide bonds. The predicted octanol–water partition coefficient (Wildman–Crippen LogP) is 2.46. The van der Waals surface area contributed by atoms with E-state index in [0.717, 1.165) is 12.2 Å². The summed E-state index contributed by atoms with van der Waals surface area (Å²) >= 11 is 1.97. The van der Waals surface area contributed by atoms with Gasteiger partial charge in [0, 0.05) is 5.75 Å². The molecule has 1 N–H and O–H groups in total. The Hall–Kier alpha value is 0.0500. The molecule has 0 radical (unpaired) electrons. The van der Waals surface area contributed by atoms with Gasteiger partial charge in [0.2, 0.25) is 0 Å². The minimum absolute atomic E-state index is 0.283. The van der Waals surface area contributed by atoms with E-state index >= 15 is 0 Å². The molecule has 1 heterocycles. The molecule has 70 valence electrons. The van der Waals surface area contributed by atoms with Crippen LogP contribution in [0.25, 0.3) is 0 Å². The Balaban J connectivity index is 2.58. The predicted molar refractivity (Wildman–Crippen MR) is 55.5 cm³/mol. The molecule has 12 heavy (non-hydrogen) atoms. The van der Waals surface area contributed by atoms with E-state index in [-0.39, 0.29) is 6.10 Å². The van der Waals surface area contributed by atoms with Crippen LogP contribution in [0.4, 0.5) is 0 Å². The summed E-state index contributed by atoms with van der Waals surface area (Å²) in [6.45, 7) is 6.39. The van der Waals surface area contributed by atoms with Crippen LogP contribution in [0.2, 0.25) is 0 Å². The molecular weight excluding hydrogens is 168 g/mol. The first-order chi connectivity index (χ1) is 5.49. The smallest absolute Gasteiger partial charge is 0.0695 e. The molecule has 1 unspecified atom stereocenters. The van der Waals surface area contributed by atoms with Gasteiger partial charge in [0.05, 0.1) is 6.10 Å². The molecule has 0 aromatic heterocycles. The van der Waals surface area contributed by atoms with Crippen LogP contribution in [0.3, 0.4) is 0 Å². The van der Waals surface area contributed by atoms with Gasteiger partial charge in [0.25, 0.3) is 0 Å². The number of hydrogen-bond acceptors (Lipinski definition) is 2. The fourth-order valence-corrected chi connectivity index (χ4v) is 2.84. The lowest BCUT2D eigenvalue weighted by Gasteiger charge is -2.30. The molecule has 0 saturated carbocycles. The maximum absolute atomic E-state index is 9.19. The van der Waals surface area contributed by atoms with Crippen LogP contribution >= 0.6 is 11.8 Å². The van der Waals surface area contributed by atoms with E-state index in [9.17, 15) is 5.11 Å². The molecule has 0 aromatic carbocycles. The van der Waals surface area contributed by atoms with Gasteiger partial charge in [-0.2, -0.15) is 11.8 Å². The molecule has 1 rings (SSSR count). The summed E-state index contributed by atoms with van der Waals surface area (Å²) in [4.78, 5) is 0. The Kier molecular flexibility index (Phi) is 3.24. The highest BCUT2D eigenvalue weighted by Crippen LogP contribution is 2.36. The number of hydrogen-bond donors (Lipinski definition) is 1. The first-order valence-corrected chi connectivity index (χ1v) is 5.60. The van der Waals surface area contributed by atoms with E-state index in [4.69, 9.17) is 0 Å². The van der Waals surface area contributed by atoms with Gasteiger partial charge in [-0.3, -0.25) is 0 Å². The molecule has 1 nitrogen and oxygen atoms in total. The van der Waals surface area contributed by atoms with Crippen molar-refractivity contribution in [3.05, 3.63) is 11.6 Å². The molecule has 1 aliphatic rings. The molecule has 0 spiro atoms. The maximum Gasteiger partial charge on any atom is 0.0695 e. The van der Waals surface area contributed by atoms with Crippen molar-refractivity contribution in [1.82, 2.24) is 0 Å². The summed E-state index contributed by atoms with van der Waals surface area (Å²) in [5, 5.41) is 9.19. The highest BCUT2D eigenvalue weighted by molar-refractivity contribution is 7.99. The van der Waals surface area contributed by atoms with Crippen molar-refractivity contribution in [3.8, 4) is 0 Å². The van der Waals surface area contributed by atoms with E-state index in [2.05, 4.69) is 13.8 Å². The zero-order valence-electron chi connectivity index (χ0n) is 8.13. The van der Waals surface area contributed by atoms with E-state index in [1.807, 2.05) is 24.8 Å². The quantitative estimate of drug-likeness (QED) is 0.635. The summed E-state index contributed by atoms with van der Waals surface area (Å²) in [6, 6.07) is 0. The van der Waals surface area contributed by atoms with Gasteiger partial charge in [-0.05, 0) is 24.5 Å². The number of aliphatic hydroxyl groups is 1. The number of aliphatic hydroxyl groups excluding tert-OH is 1. The number of rotatable bonds is 1. The molecule has 2 heteroatoms. The zero-order valence-corrected chi connectivity index (χ0v) is 8.95. The van der Waals surface area contributed by atoms with Crippen LogP contribution in [0, 0.1) is 5.41 Å². The van der Waals surface area contributed by atoms with Gasteiger partial charge in [0.1, 0.15) is 0 Å². The third kappa shape index (κ3) is 3.20. The second-order valence-electron chi connectivity index (χ2n) is 4.40. The maximum atomic E-state index is 9.19. The third-order valence-electron chi connectivity index (χ3n) is 1.96. The van der Waals surface area contributed by atoms with E-state index in [1.54, 1.807) is 0 Å². The topological polar surface area (TPSA) is 20.2 Å². The lowest BCUT2D eigenvalue weighted by molar-refractivity contribution is 0.242. The summed E-state index contributed by atoms with van der Waals surface area (Å²) in [5.41, 5.74) is 1.83. The molecule has 1 aliphatic heterocycles. The third-order valence-corrected chi connectivity index (χ3v) is 3.52. The van der Waals surface area contributed by atoms with Crippen LogP contribution in [-0.4, -0.2) is 22.7 Å². The van der Waals surface area contributed by atoms with Crippen LogP contribution < -0.4 is 0 Å². The van der Waals surface area contributed by atoms with Crippen molar-refractivity contribution < 1.29 is 5.11 Å². The second-order valence-corrected chi connectivity index (χ2v) is 5.38. The fraction of sp³-hybridized carbons (Fsp3) is 0.800. The first-order valence-electron chi connectivity index (χ1n) is 4.45. The summed E-state index contributed by atoms with van der Waals surface area (Å²) in [6.07, 6.45) is 2.85. The Bertz CT molecular complexity index is 182. The SMILES string of the molecule is CC(O)/C=C1/CSCC(C)(C)C1. The normalized spacial score (nSPS) is 28.8. The average molecular weight is 186 g/mol. The van der Waals surface area contributed by atoms with Crippen LogP contribution in [0.1, 0.15) is 27.2 Å². The van der Waals surface area contributed by atoms with Gasteiger partial charge < -0.3 is 5.11 Å². The lowest BCUT2D eigenvalue weighted by Crippen LogP contribution is -2.22. The highest BCUT2D eigenvalue weighted by atomic mass is 32.2. The van der Waals surface area contributed by atoms with Crippen molar-refractivity contribution in [1.29, 1.82) is 0 Å². The van der Waals surface area contributed by atoms with Crippen molar-refractivity contribution in [2.45, 2.75) is 33.3 Å². The molecule has 0 aromatic rings. The van der Waals surface area contributed by atoms with E-state index in [1.165, 1.54) is 11.3 Å². The Morgan fingerprint density at radius 1 is 1.58 bits per heavy atom. The molecule has 0 aliphatic carbocycles. The van der Waals surface area contributed by atoms with E-state index in [0.29, 0.717) is 5.41 Å².